The van der Waals surface area contributed by atoms with Crippen LogP contribution < -0.4 is 15.4 Å². The standard InChI is InChI=1S/C52H66N8O9/c1-26-10-15-42(60(26)50(62)45(58-52(64)66-7)34-19-29(4)69-30(5)20-34)48-54-39-14-12-31-22-38-36-13-11-32(21-35(36)25-67-43(38)23-37(31)46(39)56-48)40-24-53-47(55-40)41-9-8-16-59(41)49(61)44(57-51(63)65-6)33-17-27(2)68-28(3)18-33/h11,13,21-24,26-30,33-34,41-42,44-45H,8-10,12,14-20,25H2,1-7H3,(H,53,55)(H,54,56)(H,57,63)(H,58,64)/t26-,27+,28+,29+,30+,41-,42?,44-,45-/m0/s1. The molecular weight excluding hydrogens is 881 g/mol. The van der Waals surface area contributed by atoms with E-state index in [0.29, 0.717) is 38.8 Å². The van der Waals surface area contributed by atoms with Gasteiger partial charge in [0.05, 0.1) is 74.0 Å². The average Bonchev–Trinajstić information content (AvgIpc) is 4.17. The number of hydrogen-bond acceptors (Lipinski definition) is 11. The highest BCUT2D eigenvalue weighted by Gasteiger charge is 2.46. The number of carbonyl (C=O) groups is 4. The van der Waals surface area contributed by atoms with Crippen LogP contribution in [0, 0.1) is 11.8 Å². The molecule has 1 unspecified atom stereocenters. The minimum atomic E-state index is -0.743. The second-order valence-electron chi connectivity index (χ2n) is 20.4. The third-order valence-corrected chi connectivity index (χ3v) is 15.5. The smallest absolute Gasteiger partial charge is 0.407 e. The Labute approximate surface area is 403 Å². The lowest BCUT2D eigenvalue weighted by Crippen LogP contribution is -2.55. The summed E-state index contributed by atoms with van der Waals surface area (Å²) < 4.78 is 28.4. The van der Waals surface area contributed by atoms with Crippen molar-refractivity contribution in [2.45, 2.75) is 160 Å². The Morgan fingerprint density at radius 1 is 0.725 bits per heavy atom. The lowest BCUT2D eigenvalue weighted by atomic mass is 9.85. The lowest BCUT2D eigenvalue weighted by molar-refractivity contribution is -0.140. The summed E-state index contributed by atoms with van der Waals surface area (Å²) in [4.78, 5) is 75.1. The molecule has 69 heavy (non-hydrogen) atoms. The Kier molecular flexibility index (Phi) is 12.9. The fraction of sp³-hybridized carbons (Fsp3) is 0.577. The molecule has 4 N–H and O–H groups in total. The number of H-pyrrole nitrogens is 2. The summed E-state index contributed by atoms with van der Waals surface area (Å²) >= 11 is 0. The number of aromatic nitrogens is 4. The molecule has 2 aromatic heterocycles. The predicted molar refractivity (Wildman–Crippen MR) is 255 cm³/mol. The summed E-state index contributed by atoms with van der Waals surface area (Å²) in [5.74, 6) is 1.87. The number of methoxy groups -OCH3 is 2. The maximum atomic E-state index is 14.6. The van der Waals surface area contributed by atoms with Crippen molar-refractivity contribution in [3.05, 3.63) is 65.0 Å². The van der Waals surface area contributed by atoms with Gasteiger partial charge in [-0.05, 0) is 151 Å². The highest BCUT2D eigenvalue weighted by Crippen LogP contribution is 2.46. The normalized spacial score (nSPS) is 28.0. The number of likely N-dealkylation sites (tertiary alicyclic amines) is 2. The van der Waals surface area contributed by atoms with E-state index in [1.165, 1.54) is 19.8 Å². The molecule has 2 aromatic carbocycles. The van der Waals surface area contributed by atoms with Gasteiger partial charge in [-0.1, -0.05) is 12.1 Å². The maximum Gasteiger partial charge on any atom is 0.407 e. The van der Waals surface area contributed by atoms with Gasteiger partial charge in [0.1, 0.15) is 36.1 Å². The van der Waals surface area contributed by atoms with Crippen molar-refractivity contribution < 1.29 is 42.9 Å². The van der Waals surface area contributed by atoms with Crippen LogP contribution in [-0.4, -0.2) is 117 Å². The fourth-order valence-electron chi connectivity index (χ4n) is 12.5. The number of nitrogens with zero attached hydrogens (tertiary/aromatic N) is 4. The monoisotopic (exact) mass is 946 g/mol. The Hall–Kier alpha value is -5.94. The van der Waals surface area contributed by atoms with E-state index in [0.717, 1.165) is 101 Å². The first-order chi connectivity index (χ1) is 33.3. The molecule has 10 rings (SSSR count). The summed E-state index contributed by atoms with van der Waals surface area (Å²) in [6, 6.07) is 8.77. The van der Waals surface area contributed by atoms with E-state index in [4.69, 9.17) is 33.7 Å². The molecule has 368 valence electrons. The van der Waals surface area contributed by atoms with Crippen molar-refractivity contribution in [2.24, 2.45) is 11.8 Å². The first-order valence-electron chi connectivity index (χ1n) is 25.0. The molecule has 4 fully saturated rings. The van der Waals surface area contributed by atoms with E-state index < -0.39 is 24.3 Å². The van der Waals surface area contributed by atoms with Gasteiger partial charge in [-0.2, -0.15) is 0 Å². The maximum absolute atomic E-state index is 14.6. The highest BCUT2D eigenvalue weighted by molar-refractivity contribution is 5.88. The van der Waals surface area contributed by atoms with E-state index in [1.54, 1.807) is 0 Å². The summed E-state index contributed by atoms with van der Waals surface area (Å²) in [5.41, 5.74) is 9.24. The molecule has 4 aromatic rings. The van der Waals surface area contributed by atoms with E-state index >= 15 is 0 Å². The molecule has 0 radical (unpaired) electrons. The zero-order valence-electron chi connectivity index (χ0n) is 40.8. The topological polar surface area (TPSA) is 202 Å². The molecule has 17 nitrogen and oxygen atoms in total. The van der Waals surface area contributed by atoms with Gasteiger partial charge in [0, 0.05) is 23.7 Å². The summed E-state index contributed by atoms with van der Waals surface area (Å²) in [7, 11) is 2.64. The van der Waals surface area contributed by atoms with Crippen LogP contribution in [0.4, 0.5) is 9.59 Å². The molecule has 4 amide bonds. The molecule has 4 saturated heterocycles. The molecule has 17 heteroatoms. The van der Waals surface area contributed by atoms with Gasteiger partial charge in [-0.15, -0.1) is 0 Å². The Morgan fingerprint density at radius 3 is 2.06 bits per heavy atom. The van der Waals surface area contributed by atoms with Crippen molar-refractivity contribution >= 4 is 24.0 Å². The molecular formula is C52H66N8O9. The number of ether oxygens (including phenoxy) is 5. The van der Waals surface area contributed by atoms with Crippen LogP contribution in [0.3, 0.4) is 0 Å². The fourth-order valence-corrected chi connectivity index (χ4v) is 12.5. The Bertz CT molecular complexity index is 2590. The Balaban J connectivity index is 0.867. The molecule has 9 atom stereocenters. The minimum absolute atomic E-state index is 0.0233. The summed E-state index contributed by atoms with van der Waals surface area (Å²) in [6.45, 7) is 11.1. The first-order valence-corrected chi connectivity index (χ1v) is 25.0. The van der Waals surface area contributed by atoms with Crippen molar-refractivity contribution in [1.82, 2.24) is 40.4 Å². The molecule has 0 bridgehead atoms. The van der Waals surface area contributed by atoms with Crippen molar-refractivity contribution in [3.63, 3.8) is 0 Å². The number of nitrogens with one attached hydrogen (secondary N) is 4. The van der Waals surface area contributed by atoms with Gasteiger partial charge in [0.15, 0.2) is 0 Å². The van der Waals surface area contributed by atoms with Gasteiger partial charge in [0.2, 0.25) is 11.8 Å². The van der Waals surface area contributed by atoms with Gasteiger partial charge >= 0.3 is 12.2 Å². The SMILES string of the molecule is COC(=O)N[C@H](C(=O)N1CCC[C@H]1c1ncc(-c2ccc3c(c2)COc2cc4c(cc2-3)CCc2nc(C3CC[C@H](C)N3C(=O)[C@@H](NC(=O)OC)C3C[C@@H](C)O[C@H](C)C3)[nH]c2-4)[nH]1)C1C[C@@H](C)O[C@H](C)C1. The molecule has 0 saturated carbocycles. The van der Waals surface area contributed by atoms with Crippen LogP contribution in [-0.2, 0) is 48.0 Å². The minimum Gasteiger partial charge on any atom is -0.488 e. The zero-order chi connectivity index (χ0) is 48.2. The van der Waals surface area contributed by atoms with Gasteiger partial charge in [0.25, 0.3) is 0 Å². The van der Waals surface area contributed by atoms with Crippen LogP contribution in [0.2, 0.25) is 0 Å². The van der Waals surface area contributed by atoms with Crippen LogP contribution in [0.1, 0.15) is 127 Å². The van der Waals surface area contributed by atoms with Crippen LogP contribution in [0.25, 0.3) is 33.6 Å². The number of aromatic amines is 2. The number of carbonyl (C=O) groups excluding carboxylic acids is 4. The van der Waals surface area contributed by atoms with Crippen molar-refractivity contribution in [3.8, 4) is 39.4 Å². The second-order valence-corrected chi connectivity index (χ2v) is 20.4. The number of aryl methyl sites for hydroxylation is 2. The predicted octanol–water partition coefficient (Wildman–Crippen LogP) is 7.70. The number of rotatable bonds is 9. The number of hydrogen-bond donors (Lipinski definition) is 4. The van der Waals surface area contributed by atoms with Crippen molar-refractivity contribution in [2.75, 3.05) is 20.8 Å². The van der Waals surface area contributed by atoms with Crippen LogP contribution >= 0.6 is 0 Å². The number of imidazole rings is 2. The second kappa shape index (κ2) is 19.1. The first kappa shape index (κ1) is 46.8. The van der Waals surface area contributed by atoms with Gasteiger partial charge < -0.3 is 54.1 Å². The van der Waals surface area contributed by atoms with Crippen LogP contribution in [0.15, 0.2) is 36.5 Å². The largest absolute Gasteiger partial charge is 0.488 e. The molecule has 1 aliphatic carbocycles. The quantitative estimate of drug-likeness (QED) is 0.128. The van der Waals surface area contributed by atoms with E-state index in [2.05, 4.69) is 57.9 Å². The zero-order valence-corrected chi connectivity index (χ0v) is 40.8. The van der Waals surface area contributed by atoms with E-state index in [1.807, 2.05) is 43.7 Å². The van der Waals surface area contributed by atoms with Gasteiger partial charge in [-0.3, -0.25) is 9.59 Å². The summed E-state index contributed by atoms with van der Waals surface area (Å²) in [5, 5.41) is 5.78. The third-order valence-electron chi connectivity index (χ3n) is 15.5. The molecule has 7 heterocycles. The average molecular weight is 947 g/mol. The molecule has 6 aliphatic rings. The number of amides is 4. The van der Waals surface area contributed by atoms with E-state index in [9.17, 15) is 19.2 Å². The lowest BCUT2D eigenvalue weighted by Gasteiger charge is -2.39. The van der Waals surface area contributed by atoms with Crippen LogP contribution in [0.5, 0.6) is 5.75 Å². The Morgan fingerprint density at radius 2 is 1.39 bits per heavy atom. The highest BCUT2D eigenvalue weighted by atomic mass is 16.5. The number of benzene rings is 2. The van der Waals surface area contributed by atoms with Crippen molar-refractivity contribution in [1.29, 1.82) is 0 Å². The van der Waals surface area contributed by atoms with E-state index in [-0.39, 0.29) is 66.2 Å². The molecule has 5 aliphatic heterocycles. The summed E-state index contributed by atoms with van der Waals surface area (Å²) in [6.07, 6.45) is 7.88. The van der Waals surface area contributed by atoms with Gasteiger partial charge in [-0.25, -0.2) is 19.6 Å². The number of alkyl carbamates (subject to hydrolysis) is 2. The third kappa shape index (κ3) is 9.08. The molecule has 0 spiro atoms. The number of fused-ring (bicyclic) bond motifs is 6.